The average molecular weight is 208 g/mol. The SMILES string of the molecule is CC1=NC=IC=N1. The minimum absolute atomic E-state index is 0.0834. The zero-order valence-electron chi connectivity index (χ0n) is 3.93. The monoisotopic (exact) mass is 208 g/mol. The molecule has 0 N–H and O–H groups in total. The Balaban J connectivity index is 2.82. The molecule has 2 nitrogen and oxygen atoms in total. The third kappa shape index (κ3) is 1.46. The molecule has 0 aromatic rings. The van der Waals surface area contributed by atoms with Gasteiger partial charge < -0.3 is 0 Å². The normalized spacial score (nSPS) is 18.1. The number of aliphatic imine (C=N–C) groups is 2. The highest BCUT2D eigenvalue weighted by Crippen LogP contribution is 1.94. The topological polar surface area (TPSA) is 24.7 Å². The van der Waals surface area contributed by atoms with E-state index in [9.17, 15) is 0 Å². The fourth-order valence-electron chi connectivity index (χ4n) is 0.256. The van der Waals surface area contributed by atoms with Crippen molar-refractivity contribution >= 4 is 34.9 Å². The van der Waals surface area contributed by atoms with Crippen molar-refractivity contribution in [3.8, 4) is 0 Å². The second kappa shape index (κ2) is 2.30. The number of rotatable bonds is 0. The van der Waals surface area contributed by atoms with Crippen LogP contribution in [0.2, 0.25) is 0 Å². The summed E-state index contributed by atoms with van der Waals surface area (Å²) in [5, 5.41) is 0. The minimum Gasteiger partial charge on any atom is -0.236 e. The maximum absolute atomic E-state index is 3.97. The first kappa shape index (κ1) is 5.08. The molecule has 0 aliphatic carbocycles. The van der Waals surface area contributed by atoms with Gasteiger partial charge in [-0.15, -0.1) is 0 Å². The van der Waals surface area contributed by atoms with Crippen LogP contribution < -0.4 is 0 Å². The van der Waals surface area contributed by atoms with Gasteiger partial charge >= 0.3 is 0 Å². The van der Waals surface area contributed by atoms with Gasteiger partial charge in [-0.05, 0) is 6.92 Å². The zero-order chi connectivity index (χ0) is 5.11. The van der Waals surface area contributed by atoms with Gasteiger partial charge in [0.1, 0.15) is 5.84 Å². The molecule has 1 aliphatic rings. The van der Waals surface area contributed by atoms with E-state index in [1.54, 1.807) is 0 Å². The molecule has 3 heteroatoms. The molecule has 0 aromatic heterocycles. The molecule has 0 atom stereocenters. The summed E-state index contributed by atoms with van der Waals surface area (Å²) in [6.07, 6.45) is 0. The van der Waals surface area contributed by atoms with Crippen LogP contribution in [-0.2, 0) is 0 Å². The third-order valence-corrected chi connectivity index (χ3v) is 1.78. The number of hydrogen-bond acceptors (Lipinski definition) is 2. The van der Waals surface area contributed by atoms with Crippen molar-refractivity contribution in [1.29, 1.82) is 0 Å². The summed E-state index contributed by atoms with van der Waals surface area (Å²) in [5.41, 5.74) is 0. The Kier molecular flexibility index (Phi) is 1.67. The molecule has 0 saturated heterocycles. The van der Waals surface area contributed by atoms with E-state index in [-0.39, 0.29) is 20.7 Å². The molecule has 1 aliphatic heterocycles. The van der Waals surface area contributed by atoms with Gasteiger partial charge in [0, 0.05) is 0 Å². The Labute approximate surface area is 52.1 Å². The molecule has 0 spiro atoms. The molecular formula is C4H5IN2. The molecule has 0 unspecified atom stereocenters. The second-order valence-corrected chi connectivity index (χ2v) is 2.96. The van der Waals surface area contributed by atoms with Gasteiger partial charge in [-0.1, -0.05) is 20.7 Å². The molecule has 0 bridgehead atoms. The maximum Gasteiger partial charge on any atom is 0.126 e. The lowest BCUT2D eigenvalue weighted by Crippen LogP contribution is -1.86. The van der Waals surface area contributed by atoms with E-state index >= 15 is 0 Å². The van der Waals surface area contributed by atoms with Gasteiger partial charge in [-0.25, -0.2) is 9.98 Å². The second-order valence-electron chi connectivity index (χ2n) is 1.13. The van der Waals surface area contributed by atoms with Crippen LogP contribution >= 0.6 is 20.7 Å². The van der Waals surface area contributed by atoms with Crippen LogP contribution in [0, 0.1) is 0 Å². The highest BCUT2D eigenvalue weighted by Gasteiger charge is 1.81. The van der Waals surface area contributed by atoms with Gasteiger partial charge in [0.05, 0.1) is 8.36 Å². The van der Waals surface area contributed by atoms with Crippen molar-refractivity contribution in [3.63, 3.8) is 0 Å². The van der Waals surface area contributed by atoms with Crippen LogP contribution in [0.1, 0.15) is 6.92 Å². The smallest absolute Gasteiger partial charge is 0.126 e. The number of amidine groups is 1. The molecule has 1 heterocycles. The maximum atomic E-state index is 3.97. The van der Waals surface area contributed by atoms with Crippen LogP contribution in [0.3, 0.4) is 0 Å². The van der Waals surface area contributed by atoms with Crippen molar-refractivity contribution < 1.29 is 0 Å². The molecule has 0 radical (unpaired) electrons. The highest BCUT2D eigenvalue weighted by atomic mass is 127. The molecule has 0 amide bonds. The predicted octanol–water partition coefficient (Wildman–Crippen LogP) is 1.18. The van der Waals surface area contributed by atoms with Crippen LogP contribution in [0.4, 0.5) is 0 Å². The van der Waals surface area contributed by atoms with E-state index in [1.807, 2.05) is 15.3 Å². The molecule has 1 rings (SSSR count). The highest BCUT2D eigenvalue weighted by molar-refractivity contribution is 14.2. The fourth-order valence-corrected chi connectivity index (χ4v) is 1.53. The Bertz CT molecular complexity index is 146. The Hall–Kier alpha value is -0.0600. The molecule has 0 aromatic carbocycles. The average Bonchev–Trinajstić information content (AvgIpc) is 1.69. The fraction of sp³-hybridized carbons (Fsp3) is 0.250. The van der Waals surface area contributed by atoms with E-state index < -0.39 is 0 Å². The van der Waals surface area contributed by atoms with Crippen molar-refractivity contribution in [2.45, 2.75) is 6.92 Å². The molecule has 38 valence electrons. The standard InChI is InChI=1S/C4H5IN2/c1-4-6-2-5-3-7-4/h2-3H,1H3. The molecule has 0 fully saturated rings. The van der Waals surface area contributed by atoms with Crippen LogP contribution in [-0.4, -0.2) is 14.2 Å². The first-order chi connectivity index (χ1) is 3.39. The summed E-state index contributed by atoms with van der Waals surface area (Å²) < 4.78 is 3.92. The Morgan fingerprint density at radius 1 is 1.71 bits per heavy atom. The summed E-state index contributed by atoms with van der Waals surface area (Å²) in [7, 11) is 0. The van der Waals surface area contributed by atoms with Crippen molar-refractivity contribution in [2.24, 2.45) is 9.98 Å². The van der Waals surface area contributed by atoms with Gasteiger partial charge in [0.15, 0.2) is 0 Å². The quantitative estimate of drug-likeness (QED) is 0.534. The van der Waals surface area contributed by atoms with E-state index in [0.29, 0.717) is 0 Å². The molecular weight excluding hydrogens is 203 g/mol. The van der Waals surface area contributed by atoms with Gasteiger partial charge in [-0.3, -0.25) is 0 Å². The van der Waals surface area contributed by atoms with E-state index in [1.165, 1.54) is 0 Å². The van der Waals surface area contributed by atoms with Gasteiger partial charge in [0.2, 0.25) is 0 Å². The van der Waals surface area contributed by atoms with Crippen molar-refractivity contribution in [1.82, 2.24) is 0 Å². The summed E-state index contributed by atoms with van der Waals surface area (Å²) in [4.78, 5) is 7.94. The summed E-state index contributed by atoms with van der Waals surface area (Å²) in [5.74, 6) is 0.881. The Morgan fingerprint density at radius 2 is 2.57 bits per heavy atom. The third-order valence-electron chi connectivity index (χ3n) is 0.584. The lowest BCUT2D eigenvalue weighted by molar-refractivity contribution is 1.58. The molecule has 7 heavy (non-hydrogen) atoms. The number of hydrogen-bond donors (Lipinski definition) is 0. The van der Waals surface area contributed by atoms with Crippen molar-refractivity contribution in [2.75, 3.05) is 0 Å². The van der Waals surface area contributed by atoms with Gasteiger partial charge in [0.25, 0.3) is 0 Å². The first-order valence-electron chi connectivity index (χ1n) is 1.90. The van der Waals surface area contributed by atoms with Crippen LogP contribution in [0.25, 0.3) is 0 Å². The lowest BCUT2D eigenvalue weighted by atomic mass is 10.7. The van der Waals surface area contributed by atoms with Gasteiger partial charge in [-0.2, -0.15) is 0 Å². The number of halogens is 1. The molecule has 0 saturated carbocycles. The zero-order valence-corrected chi connectivity index (χ0v) is 6.08. The van der Waals surface area contributed by atoms with Crippen LogP contribution in [0.5, 0.6) is 0 Å². The van der Waals surface area contributed by atoms with Crippen molar-refractivity contribution in [3.05, 3.63) is 0 Å². The summed E-state index contributed by atoms with van der Waals surface area (Å²) in [6.45, 7) is 1.90. The number of nitrogens with zero attached hydrogens (tertiary/aromatic N) is 2. The minimum atomic E-state index is 0.0834. The Morgan fingerprint density at radius 3 is 2.86 bits per heavy atom. The van der Waals surface area contributed by atoms with E-state index in [4.69, 9.17) is 0 Å². The van der Waals surface area contributed by atoms with Crippen LogP contribution in [0.15, 0.2) is 9.98 Å². The summed E-state index contributed by atoms with van der Waals surface area (Å²) >= 11 is 0.0834. The lowest BCUT2D eigenvalue weighted by Gasteiger charge is -1.87. The largest absolute Gasteiger partial charge is 0.236 e. The summed E-state index contributed by atoms with van der Waals surface area (Å²) in [6, 6.07) is 0. The van der Waals surface area contributed by atoms with E-state index in [2.05, 4.69) is 9.98 Å². The van der Waals surface area contributed by atoms with E-state index in [0.717, 1.165) is 5.84 Å². The first-order valence-corrected chi connectivity index (χ1v) is 4.39. The predicted molar refractivity (Wildman–Crippen MR) is 41.7 cm³/mol.